The van der Waals surface area contributed by atoms with Crippen LogP contribution < -0.4 is 10.5 Å². The summed E-state index contributed by atoms with van der Waals surface area (Å²) in [5.41, 5.74) is 6.26. The van der Waals surface area contributed by atoms with Gasteiger partial charge in [-0.1, -0.05) is 25.1 Å². The number of nitrogens with one attached hydrogen (secondary N) is 1. The largest absolute Gasteiger partial charge is 0.492 e. The minimum absolute atomic E-state index is 0.0651. The molecular weight excluding hydrogens is 338 g/mol. The predicted molar refractivity (Wildman–Crippen MR) is 100.0 cm³/mol. The van der Waals surface area contributed by atoms with Gasteiger partial charge in [-0.2, -0.15) is 0 Å². The first kappa shape index (κ1) is 19.0. The van der Waals surface area contributed by atoms with Crippen molar-refractivity contribution < 1.29 is 13.2 Å². The van der Waals surface area contributed by atoms with Crippen molar-refractivity contribution in [3.63, 3.8) is 0 Å². The topological polar surface area (TPSA) is 96.5 Å². The third-order valence-corrected chi connectivity index (χ3v) is 5.52. The number of likely N-dealkylation sites (N-methyl/N-ethyl adjacent to an activating group) is 1. The number of ether oxygens (including phenoxy) is 1. The van der Waals surface area contributed by atoms with Crippen LogP contribution in [0, 0.1) is 5.41 Å². The second-order valence-corrected chi connectivity index (χ2v) is 7.53. The van der Waals surface area contributed by atoms with Crippen LogP contribution >= 0.6 is 0 Å². The van der Waals surface area contributed by atoms with Crippen LogP contribution in [-0.2, 0) is 9.84 Å². The maximum atomic E-state index is 12.6. The number of nitrogens with zero attached hydrogens (tertiary/aromatic N) is 1. The zero-order chi connectivity index (χ0) is 18.4. The van der Waals surface area contributed by atoms with Crippen LogP contribution in [0.3, 0.4) is 0 Å². The van der Waals surface area contributed by atoms with Crippen molar-refractivity contribution in [2.75, 3.05) is 32.5 Å². The third kappa shape index (κ3) is 4.58. The lowest BCUT2D eigenvalue weighted by atomic mass is 10.2. The van der Waals surface area contributed by atoms with E-state index in [2.05, 4.69) is 11.8 Å². The molecule has 7 heteroatoms. The van der Waals surface area contributed by atoms with Gasteiger partial charge in [-0.15, -0.1) is 0 Å². The maximum absolute atomic E-state index is 12.6. The Bertz CT molecular complexity index is 836. The van der Waals surface area contributed by atoms with Crippen molar-refractivity contribution in [2.24, 2.45) is 0 Å². The second kappa shape index (κ2) is 8.13. The van der Waals surface area contributed by atoms with E-state index in [1.165, 1.54) is 18.2 Å². The van der Waals surface area contributed by atoms with Gasteiger partial charge in [-0.05, 0) is 43.9 Å². The van der Waals surface area contributed by atoms with Crippen LogP contribution in [0.25, 0.3) is 0 Å². The van der Waals surface area contributed by atoms with E-state index < -0.39 is 14.9 Å². The summed E-state index contributed by atoms with van der Waals surface area (Å²) in [5.74, 6) is 0.488. The standard InChI is InChI=1S/C18H23N3O3S/c1-3-21(2)11-12-24-14-9-10-17(19)16(13-14)18(20)25(22,23)15-7-5-4-6-8-15/h4-10,13,20H,3,11-12,19H2,1-2H3. The van der Waals surface area contributed by atoms with Gasteiger partial charge in [-0.25, -0.2) is 8.42 Å². The molecule has 0 saturated heterocycles. The van der Waals surface area contributed by atoms with Crippen LogP contribution in [0.2, 0.25) is 0 Å². The Kier molecular flexibility index (Phi) is 6.17. The van der Waals surface area contributed by atoms with Gasteiger partial charge in [0.25, 0.3) is 0 Å². The van der Waals surface area contributed by atoms with E-state index in [1.54, 1.807) is 30.3 Å². The molecule has 25 heavy (non-hydrogen) atoms. The molecular formula is C18H23N3O3S. The Labute approximate surface area is 148 Å². The lowest BCUT2D eigenvalue weighted by molar-refractivity contribution is 0.244. The molecule has 0 spiro atoms. The van der Waals surface area contributed by atoms with E-state index in [0.717, 1.165) is 13.1 Å². The van der Waals surface area contributed by atoms with E-state index >= 15 is 0 Å². The highest BCUT2D eigenvalue weighted by Gasteiger charge is 2.24. The molecule has 0 aliphatic carbocycles. The van der Waals surface area contributed by atoms with Gasteiger partial charge in [0.15, 0.2) is 5.04 Å². The summed E-state index contributed by atoms with van der Waals surface area (Å²) in [5, 5.41) is 7.62. The first-order valence-electron chi connectivity index (χ1n) is 7.96. The van der Waals surface area contributed by atoms with Crippen molar-refractivity contribution in [1.82, 2.24) is 4.90 Å². The molecule has 2 aromatic carbocycles. The summed E-state index contributed by atoms with van der Waals surface area (Å²) in [7, 11) is -1.94. The van der Waals surface area contributed by atoms with Gasteiger partial charge in [0.05, 0.1) is 4.90 Å². The monoisotopic (exact) mass is 361 g/mol. The smallest absolute Gasteiger partial charge is 0.223 e. The third-order valence-electron chi connectivity index (χ3n) is 3.87. The van der Waals surface area contributed by atoms with Crippen LogP contribution in [-0.4, -0.2) is 45.1 Å². The SMILES string of the molecule is CCN(C)CCOc1ccc(N)c(C(=N)S(=O)(=O)c2ccccc2)c1. The Morgan fingerprint density at radius 2 is 1.88 bits per heavy atom. The molecule has 6 nitrogen and oxygen atoms in total. The molecule has 0 aromatic heterocycles. The lowest BCUT2D eigenvalue weighted by Gasteiger charge is -2.15. The van der Waals surface area contributed by atoms with E-state index in [0.29, 0.717) is 12.4 Å². The van der Waals surface area contributed by atoms with Gasteiger partial charge in [0.2, 0.25) is 9.84 Å². The molecule has 0 bridgehead atoms. The second-order valence-electron chi connectivity index (χ2n) is 5.64. The molecule has 0 saturated carbocycles. The fraction of sp³-hybridized carbons (Fsp3) is 0.278. The molecule has 0 atom stereocenters. The van der Waals surface area contributed by atoms with Gasteiger partial charge in [0.1, 0.15) is 12.4 Å². The highest BCUT2D eigenvalue weighted by Crippen LogP contribution is 2.24. The fourth-order valence-electron chi connectivity index (χ4n) is 2.16. The number of hydrogen-bond acceptors (Lipinski definition) is 6. The average molecular weight is 361 g/mol. The number of hydrogen-bond donors (Lipinski definition) is 2. The zero-order valence-electron chi connectivity index (χ0n) is 14.4. The molecule has 0 heterocycles. The van der Waals surface area contributed by atoms with Crippen molar-refractivity contribution in [3.05, 3.63) is 54.1 Å². The minimum Gasteiger partial charge on any atom is -0.492 e. The summed E-state index contributed by atoms with van der Waals surface area (Å²) < 4.78 is 30.9. The Hall–Kier alpha value is -2.38. The van der Waals surface area contributed by atoms with Crippen molar-refractivity contribution >= 4 is 20.6 Å². The maximum Gasteiger partial charge on any atom is 0.223 e. The van der Waals surface area contributed by atoms with Crippen molar-refractivity contribution in [2.45, 2.75) is 11.8 Å². The molecule has 0 amide bonds. The molecule has 2 aromatic rings. The zero-order valence-corrected chi connectivity index (χ0v) is 15.2. The van der Waals surface area contributed by atoms with E-state index in [9.17, 15) is 8.42 Å². The normalized spacial score (nSPS) is 11.5. The molecule has 134 valence electrons. The van der Waals surface area contributed by atoms with Crippen LogP contribution in [0.4, 0.5) is 5.69 Å². The number of anilines is 1. The molecule has 2 rings (SSSR count). The minimum atomic E-state index is -3.93. The molecule has 0 aliphatic rings. The molecule has 0 unspecified atom stereocenters. The van der Waals surface area contributed by atoms with Gasteiger partial charge < -0.3 is 15.4 Å². The Morgan fingerprint density at radius 3 is 2.52 bits per heavy atom. The summed E-state index contributed by atoms with van der Waals surface area (Å²) >= 11 is 0. The summed E-state index contributed by atoms with van der Waals surface area (Å²) in [6, 6.07) is 12.6. The molecule has 0 fully saturated rings. The highest BCUT2D eigenvalue weighted by atomic mass is 32.2. The van der Waals surface area contributed by atoms with Crippen molar-refractivity contribution in [3.8, 4) is 5.75 Å². The Balaban J connectivity index is 2.23. The summed E-state index contributed by atoms with van der Waals surface area (Å²) in [4.78, 5) is 2.16. The number of benzene rings is 2. The Morgan fingerprint density at radius 1 is 1.20 bits per heavy atom. The van der Waals surface area contributed by atoms with Crippen LogP contribution in [0.1, 0.15) is 12.5 Å². The fourth-order valence-corrected chi connectivity index (χ4v) is 3.38. The number of nitrogens with two attached hydrogens (primary N) is 1. The number of sulfone groups is 1. The van der Waals surface area contributed by atoms with E-state index in [4.69, 9.17) is 15.9 Å². The first-order chi connectivity index (χ1) is 11.9. The van der Waals surface area contributed by atoms with Crippen LogP contribution in [0.15, 0.2) is 53.4 Å². The van der Waals surface area contributed by atoms with Gasteiger partial charge in [0, 0.05) is 17.8 Å². The van der Waals surface area contributed by atoms with E-state index in [1.807, 2.05) is 7.05 Å². The summed E-state index contributed by atoms with van der Waals surface area (Å²) in [6.45, 7) is 4.18. The van der Waals surface area contributed by atoms with E-state index in [-0.39, 0.29) is 16.1 Å². The lowest BCUT2D eigenvalue weighted by Crippen LogP contribution is -2.23. The van der Waals surface area contributed by atoms with Crippen molar-refractivity contribution in [1.29, 1.82) is 5.41 Å². The first-order valence-corrected chi connectivity index (χ1v) is 9.44. The quantitative estimate of drug-likeness (QED) is 0.448. The van der Waals surface area contributed by atoms with Gasteiger partial charge in [-0.3, -0.25) is 5.41 Å². The van der Waals surface area contributed by atoms with Gasteiger partial charge >= 0.3 is 0 Å². The average Bonchev–Trinajstić information content (AvgIpc) is 2.63. The molecule has 0 aliphatic heterocycles. The van der Waals surface area contributed by atoms with Crippen LogP contribution in [0.5, 0.6) is 5.75 Å². The number of nitrogen functional groups attached to an aromatic ring is 1. The number of rotatable bonds is 7. The summed E-state index contributed by atoms with van der Waals surface area (Å²) in [6.07, 6.45) is 0. The predicted octanol–water partition coefficient (Wildman–Crippen LogP) is 2.40. The molecule has 0 radical (unpaired) electrons. The highest BCUT2D eigenvalue weighted by molar-refractivity contribution is 8.06. The molecule has 3 N–H and O–H groups in total.